The second-order valence-electron chi connectivity index (χ2n) is 18.8. The van der Waals surface area contributed by atoms with Crippen molar-refractivity contribution in [2.75, 3.05) is 29.5 Å². The lowest BCUT2D eigenvalue weighted by Crippen LogP contribution is -2.49. The van der Waals surface area contributed by atoms with Gasteiger partial charge in [0.1, 0.15) is 35.9 Å². The number of pyridine rings is 2. The Bertz CT molecular complexity index is 2640. The Morgan fingerprint density at radius 3 is 1.91 bits per heavy atom. The number of fused-ring (bicyclic) bond motifs is 1. The van der Waals surface area contributed by atoms with Gasteiger partial charge < -0.3 is 28.6 Å². The maximum atomic E-state index is 14.3. The zero-order chi connectivity index (χ0) is 47.9. The van der Waals surface area contributed by atoms with Gasteiger partial charge in [-0.1, -0.05) is 86.6 Å². The van der Waals surface area contributed by atoms with Crippen molar-refractivity contribution in [3.8, 4) is 17.4 Å². The quantitative estimate of drug-likeness (QED) is 0.130. The van der Waals surface area contributed by atoms with Crippen molar-refractivity contribution < 1.29 is 33.3 Å². The Kier molecular flexibility index (Phi) is 14.7. The van der Waals surface area contributed by atoms with Crippen LogP contribution < -0.4 is 25.0 Å². The molecule has 2 fully saturated rings. The monoisotopic (exact) mass is 912 g/mol. The first-order chi connectivity index (χ1) is 32.1. The SMILES string of the molecule is CC.Cn1c(=O)n(-c2ccc(OCc3ccccc3)nc2OCc2ccccc2)c2cccc(N3CCC4(CCC(c5ccc(N(C(=O)OC(C)(C)C)C(=O)OC(C)(C)C)nc5)CO4)CC3)c21. The van der Waals surface area contributed by atoms with Gasteiger partial charge in [0.2, 0.25) is 11.8 Å². The third kappa shape index (κ3) is 11.5. The topological polar surface area (TPSA) is 139 Å². The number of piperidine rings is 1. The summed E-state index contributed by atoms with van der Waals surface area (Å²) in [5.74, 6) is 0.906. The van der Waals surface area contributed by atoms with E-state index in [4.69, 9.17) is 28.7 Å². The molecule has 2 saturated heterocycles. The fraction of sp³-hybridized carbons (Fsp3) is 0.415. The first-order valence-electron chi connectivity index (χ1n) is 23.2. The third-order valence-electron chi connectivity index (χ3n) is 11.7. The van der Waals surface area contributed by atoms with Gasteiger partial charge in [-0.3, -0.25) is 9.13 Å². The van der Waals surface area contributed by atoms with Crippen LogP contribution in [0.5, 0.6) is 11.8 Å². The highest BCUT2D eigenvalue weighted by Crippen LogP contribution is 2.42. The molecule has 354 valence electrons. The minimum Gasteiger partial charge on any atom is -0.473 e. The van der Waals surface area contributed by atoms with Gasteiger partial charge in [0, 0.05) is 38.3 Å². The zero-order valence-corrected chi connectivity index (χ0v) is 40.3. The molecule has 0 saturated carbocycles. The van der Waals surface area contributed by atoms with Crippen molar-refractivity contribution in [3.05, 3.63) is 136 Å². The first-order valence-corrected chi connectivity index (χ1v) is 23.2. The Morgan fingerprint density at radius 1 is 0.746 bits per heavy atom. The summed E-state index contributed by atoms with van der Waals surface area (Å²) in [5.41, 5.74) is 3.89. The molecular formula is C53H64N6O8. The largest absolute Gasteiger partial charge is 0.473 e. The van der Waals surface area contributed by atoms with E-state index in [-0.39, 0.29) is 29.6 Å². The number of hydrogen-bond donors (Lipinski definition) is 0. The number of hydrogen-bond acceptors (Lipinski definition) is 11. The predicted molar refractivity (Wildman–Crippen MR) is 260 cm³/mol. The Morgan fingerprint density at radius 2 is 1.36 bits per heavy atom. The molecule has 0 aliphatic carbocycles. The van der Waals surface area contributed by atoms with Gasteiger partial charge in [-0.15, -0.1) is 0 Å². The summed E-state index contributed by atoms with van der Waals surface area (Å²) in [6, 6.07) is 32.9. The van der Waals surface area contributed by atoms with Crippen molar-refractivity contribution in [2.24, 2.45) is 7.05 Å². The molecule has 14 heteroatoms. The second-order valence-corrected chi connectivity index (χ2v) is 18.8. The van der Waals surface area contributed by atoms with Gasteiger partial charge >= 0.3 is 17.9 Å². The molecular weight excluding hydrogens is 849 g/mol. The first kappa shape index (κ1) is 48.3. The lowest BCUT2D eigenvalue weighted by atomic mass is 9.80. The van der Waals surface area contributed by atoms with Gasteiger partial charge in [-0.05, 0) is 108 Å². The van der Waals surface area contributed by atoms with E-state index in [0.29, 0.717) is 30.7 Å². The van der Waals surface area contributed by atoms with E-state index in [1.165, 1.54) is 0 Å². The van der Waals surface area contributed by atoms with E-state index >= 15 is 0 Å². The summed E-state index contributed by atoms with van der Waals surface area (Å²) >= 11 is 0. The lowest BCUT2D eigenvalue weighted by molar-refractivity contribution is -0.100. The lowest BCUT2D eigenvalue weighted by Gasteiger charge is -2.46. The standard InChI is InChI=1S/C51H58N6O8.C2H6/c1-49(2,3)64-47(59)57(48(60)65-50(4,5)6)42-23-21-37(31-52-42)38-25-26-51(63-34-38)27-29-55(30-28-51)39-19-14-20-40-44(39)54(7)46(58)56(40)41-22-24-43(61-32-35-15-10-8-11-16-35)53-45(41)62-33-36-17-12-9-13-18-36;1-2/h8-24,31,38H,25-30,32-34H2,1-7H3;1-2H3. The zero-order valence-electron chi connectivity index (χ0n) is 40.3. The van der Waals surface area contributed by atoms with Crippen LogP contribution in [0.3, 0.4) is 0 Å². The normalized spacial score (nSPS) is 15.9. The molecule has 1 atom stereocenters. The van der Waals surface area contributed by atoms with Gasteiger partial charge in [-0.25, -0.2) is 19.4 Å². The minimum atomic E-state index is -0.858. The minimum absolute atomic E-state index is 0.0975. The smallest absolute Gasteiger partial charge is 0.425 e. The summed E-state index contributed by atoms with van der Waals surface area (Å²) in [6.07, 6.45) is 3.41. The molecule has 0 radical (unpaired) electrons. The van der Waals surface area contributed by atoms with Gasteiger partial charge in [0.05, 0.1) is 28.9 Å². The molecule has 0 bridgehead atoms. The van der Waals surface area contributed by atoms with E-state index in [1.807, 2.05) is 106 Å². The molecule has 2 amide bonds. The third-order valence-corrected chi connectivity index (χ3v) is 11.7. The van der Waals surface area contributed by atoms with E-state index in [9.17, 15) is 14.4 Å². The van der Waals surface area contributed by atoms with E-state index < -0.39 is 23.4 Å². The van der Waals surface area contributed by atoms with Crippen molar-refractivity contribution in [2.45, 2.75) is 117 Å². The van der Waals surface area contributed by atoms with Crippen molar-refractivity contribution in [3.63, 3.8) is 0 Å². The van der Waals surface area contributed by atoms with Crippen LogP contribution in [0.15, 0.2) is 114 Å². The molecule has 1 unspecified atom stereocenters. The molecule has 3 aromatic carbocycles. The highest BCUT2D eigenvalue weighted by atomic mass is 16.6. The maximum absolute atomic E-state index is 14.3. The number of anilines is 2. The average molecular weight is 913 g/mol. The Balaban J connectivity index is 0.00000329. The molecule has 2 aliphatic rings. The molecule has 1 spiro atoms. The van der Waals surface area contributed by atoms with Gasteiger partial charge in [0.15, 0.2) is 0 Å². The van der Waals surface area contributed by atoms with Gasteiger partial charge in [-0.2, -0.15) is 9.88 Å². The van der Waals surface area contributed by atoms with Gasteiger partial charge in [0.25, 0.3) is 0 Å². The van der Waals surface area contributed by atoms with Crippen molar-refractivity contribution >= 4 is 34.7 Å². The Hall–Kier alpha value is -6.67. The van der Waals surface area contributed by atoms with Crippen LogP contribution in [0.4, 0.5) is 21.1 Å². The number of carbonyl (C=O) groups is 2. The number of rotatable bonds is 10. The van der Waals surface area contributed by atoms with Crippen molar-refractivity contribution in [1.29, 1.82) is 0 Å². The number of amides is 2. The summed E-state index contributed by atoms with van der Waals surface area (Å²) in [6.45, 7) is 17.0. The summed E-state index contributed by atoms with van der Waals surface area (Å²) in [5, 5.41) is 0. The molecule has 6 aromatic rings. The van der Waals surface area contributed by atoms with E-state index in [2.05, 4.69) is 16.0 Å². The number of nitrogens with zero attached hydrogens (tertiary/aromatic N) is 6. The fourth-order valence-corrected chi connectivity index (χ4v) is 8.44. The predicted octanol–water partition coefficient (Wildman–Crippen LogP) is 10.9. The van der Waals surface area contributed by atoms with Crippen LogP contribution in [0, 0.1) is 0 Å². The summed E-state index contributed by atoms with van der Waals surface area (Å²) in [4.78, 5) is 53.1. The van der Waals surface area contributed by atoms with E-state index in [0.717, 1.165) is 77.1 Å². The van der Waals surface area contributed by atoms with Crippen molar-refractivity contribution in [1.82, 2.24) is 19.1 Å². The highest BCUT2D eigenvalue weighted by molar-refractivity contribution is 6.08. The number of ether oxygens (including phenoxy) is 5. The fourth-order valence-electron chi connectivity index (χ4n) is 8.44. The maximum Gasteiger partial charge on any atom is 0.425 e. The molecule has 14 nitrogen and oxygen atoms in total. The number of imide groups is 1. The van der Waals surface area contributed by atoms with E-state index in [1.54, 1.807) is 69.0 Å². The molecule has 8 rings (SSSR count). The number of carbonyl (C=O) groups excluding carboxylic acids is 2. The van der Waals surface area contributed by atoms with Crippen LogP contribution >= 0.6 is 0 Å². The summed E-state index contributed by atoms with van der Waals surface area (Å²) < 4.78 is 33.6. The molecule has 67 heavy (non-hydrogen) atoms. The van der Waals surface area contributed by atoms with Crippen LogP contribution in [-0.2, 0) is 34.5 Å². The van der Waals surface area contributed by atoms with Crippen LogP contribution in [0.2, 0.25) is 0 Å². The van der Waals surface area contributed by atoms with Crippen LogP contribution in [-0.4, -0.2) is 67.8 Å². The van der Waals surface area contributed by atoms with Crippen LogP contribution in [0.25, 0.3) is 16.7 Å². The highest BCUT2D eigenvalue weighted by Gasteiger charge is 2.41. The number of benzene rings is 3. The number of aryl methyl sites for hydroxylation is 1. The second kappa shape index (κ2) is 20.5. The molecule has 0 N–H and O–H groups in total. The van der Waals surface area contributed by atoms with Crippen LogP contribution in [0.1, 0.15) is 104 Å². The average Bonchev–Trinajstić information content (AvgIpc) is 3.57. The number of aromatic nitrogens is 4. The number of para-hydroxylation sites is 1. The Labute approximate surface area is 393 Å². The molecule has 3 aromatic heterocycles. The molecule has 2 aliphatic heterocycles. The summed E-state index contributed by atoms with van der Waals surface area (Å²) in [7, 11) is 1.81. The molecule has 5 heterocycles. The number of imidazole rings is 1.